The van der Waals surface area contributed by atoms with E-state index in [4.69, 9.17) is 14.2 Å². The lowest BCUT2D eigenvalue weighted by atomic mass is 10.1. The van der Waals surface area contributed by atoms with Gasteiger partial charge in [-0.1, -0.05) is 219 Å². The van der Waals surface area contributed by atoms with Crippen molar-refractivity contribution in [2.75, 3.05) is 19.8 Å². The zero-order valence-corrected chi connectivity index (χ0v) is 44.3. The second-order valence-corrected chi connectivity index (χ2v) is 18.1. The Balaban J connectivity index is 4.39. The fourth-order valence-electron chi connectivity index (χ4n) is 7.34. The first-order chi connectivity index (χ1) is 33.6. The van der Waals surface area contributed by atoms with Gasteiger partial charge in [-0.25, -0.2) is 0 Å². The van der Waals surface area contributed by atoms with Crippen LogP contribution < -0.4 is 0 Å². The summed E-state index contributed by atoms with van der Waals surface area (Å²) in [5.41, 5.74) is 0. The Bertz CT molecular complexity index is 1390. The van der Waals surface area contributed by atoms with Crippen molar-refractivity contribution in [3.05, 3.63) is 122 Å². The number of rotatable bonds is 50. The molecule has 386 valence electrons. The molecule has 0 amide bonds. The molecule has 0 N–H and O–H groups in total. The van der Waals surface area contributed by atoms with Crippen molar-refractivity contribution in [2.45, 2.75) is 245 Å². The van der Waals surface area contributed by atoms with Gasteiger partial charge in [0.05, 0.1) is 6.61 Å². The summed E-state index contributed by atoms with van der Waals surface area (Å²) < 4.78 is 17.4. The largest absolute Gasteiger partial charge is 0.462 e. The minimum atomic E-state index is -0.579. The fraction of sp³-hybridized carbons (Fsp3) is 0.651. The van der Waals surface area contributed by atoms with E-state index in [0.717, 1.165) is 116 Å². The van der Waals surface area contributed by atoms with Crippen molar-refractivity contribution in [2.24, 2.45) is 0 Å². The predicted octanol–water partition coefficient (Wildman–Crippen LogP) is 19.3. The monoisotopic (exact) mass is 941 g/mol. The zero-order valence-electron chi connectivity index (χ0n) is 44.3. The van der Waals surface area contributed by atoms with Crippen molar-refractivity contribution < 1.29 is 23.8 Å². The van der Waals surface area contributed by atoms with Crippen molar-refractivity contribution >= 4 is 11.9 Å². The first-order valence-electron chi connectivity index (χ1n) is 28.1. The van der Waals surface area contributed by atoms with E-state index >= 15 is 0 Å². The lowest BCUT2D eigenvalue weighted by molar-refractivity contribution is -0.163. The van der Waals surface area contributed by atoms with Crippen LogP contribution in [0.5, 0.6) is 0 Å². The van der Waals surface area contributed by atoms with Crippen LogP contribution in [0.2, 0.25) is 0 Å². The molecule has 0 spiro atoms. The SMILES string of the molecule is CC/C=C\C/C=C\C/C=C\C/C=C\CCCCCCCOCC(COC(=O)CCCCCCCCCCC/C=C\C/C=C\CCCCC)OC(=O)CCCC/C=C\C/C=C\C/C=C\C/C=C\CC. The summed E-state index contributed by atoms with van der Waals surface area (Å²) in [5, 5.41) is 0. The molecule has 0 aliphatic carbocycles. The standard InChI is InChI=1S/C63H104O5/c1-4-7-10-13-16-19-22-25-28-30-32-33-36-38-41-44-47-50-53-56-62(64)67-60-61(68-63(65)57-54-51-48-45-42-39-35-27-24-21-18-15-12-9-6-3)59-66-58-55-52-49-46-43-40-37-34-31-29-26-23-20-17-14-11-8-5-2/h8-9,11-12,16-21,25-29,34-35,37,42,45,61H,4-7,10,13-15,22-24,30-33,36,38-41,43-44,46-60H2,1-3H3/b11-8-,12-9-,19-16-,20-17-,21-18-,28-25-,29-26-,35-27-,37-34-,45-42-. The van der Waals surface area contributed by atoms with Gasteiger partial charge in [0.2, 0.25) is 0 Å². The zero-order chi connectivity index (χ0) is 49.2. The maximum Gasteiger partial charge on any atom is 0.306 e. The number of unbranched alkanes of at least 4 members (excludes halogenated alkanes) is 19. The quantitative estimate of drug-likeness (QED) is 0.0345. The normalized spacial score (nSPS) is 13.2. The summed E-state index contributed by atoms with van der Waals surface area (Å²) in [5.74, 6) is -0.465. The van der Waals surface area contributed by atoms with Crippen LogP contribution in [0, 0.1) is 0 Å². The molecule has 0 fully saturated rings. The van der Waals surface area contributed by atoms with E-state index in [1.807, 2.05) is 0 Å². The lowest BCUT2D eigenvalue weighted by Gasteiger charge is -2.18. The lowest BCUT2D eigenvalue weighted by Crippen LogP contribution is -2.30. The van der Waals surface area contributed by atoms with Gasteiger partial charge in [0, 0.05) is 19.4 Å². The van der Waals surface area contributed by atoms with Crippen LogP contribution in [-0.2, 0) is 23.8 Å². The summed E-state index contributed by atoms with van der Waals surface area (Å²) in [4.78, 5) is 25.5. The molecule has 0 aliphatic rings. The molecule has 0 aromatic rings. The third-order valence-electron chi connectivity index (χ3n) is 11.5. The van der Waals surface area contributed by atoms with Gasteiger partial charge in [-0.2, -0.15) is 0 Å². The van der Waals surface area contributed by atoms with Gasteiger partial charge in [0.15, 0.2) is 6.10 Å². The third kappa shape index (κ3) is 54.9. The molecule has 0 saturated carbocycles. The van der Waals surface area contributed by atoms with Crippen molar-refractivity contribution in [3.63, 3.8) is 0 Å². The van der Waals surface area contributed by atoms with Crippen molar-refractivity contribution in [1.29, 1.82) is 0 Å². The first kappa shape index (κ1) is 64.3. The summed E-state index contributed by atoms with van der Waals surface area (Å²) in [6.07, 6.45) is 80.7. The maximum atomic E-state index is 12.8. The first-order valence-corrected chi connectivity index (χ1v) is 28.1. The number of hydrogen-bond acceptors (Lipinski definition) is 5. The van der Waals surface area contributed by atoms with E-state index in [9.17, 15) is 9.59 Å². The molecular weight excluding hydrogens is 837 g/mol. The molecule has 1 atom stereocenters. The number of esters is 2. The average Bonchev–Trinajstić information content (AvgIpc) is 3.34. The second-order valence-electron chi connectivity index (χ2n) is 18.1. The molecule has 0 aromatic heterocycles. The van der Waals surface area contributed by atoms with Crippen LogP contribution in [0.15, 0.2) is 122 Å². The number of carbonyl (C=O) groups is 2. The van der Waals surface area contributed by atoms with Gasteiger partial charge >= 0.3 is 11.9 Å². The summed E-state index contributed by atoms with van der Waals surface area (Å²) in [7, 11) is 0. The minimum absolute atomic E-state index is 0.0514. The highest BCUT2D eigenvalue weighted by Gasteiger charge is 2.17. The molecule has 0 heterocycles. The van der Waals surface area contributed by atoms with Gasteiger partial charge < -0.3 is 14.2 Å². The van der Waals surface area contributed by atoms with Crippen LogP contribution in [0.3, 0.4) is 0 Å². The Labute approximate surface area is 420 Å². The number of hydrogen-bond donors (Lipinski definition) is 0. The molecule has 0 rings (SSSR count). The second kappa shape index (κ2) is 57.6. The van der Waals surface area contributed by atoms with Gasteiger partial charge in [-0.15, -0.1) is 0 Å². The van der Waals surface area contributed by atoms with E-state index < -0.39 is 6.10 Å². The van der Waals surface area contributed by atoms with Crippen molar-refractivity contribution in [1.82, 2.24) is 0 Å². The Morgan fingerprint density at radius 2 is 0.662 bits per heavy atom. The molecular formula is C63H104O5. The smallest absolute Gasteiger partial charge is 0.306 e. The van der Waals surface area contributed by atoms with Gasteiger partial charge in [-0.05, 0) is 128 Å². The molecule has 0 aliphatic heterocycles. The minimum Gasteiger partial charge on any atom is -0.462 e. The van der Waals surface area contributed by atoms with E-state index in [0.29, 0.717) is 19.4 Å². The van der Waals surface area contributed by atoms with E-state index in [1.165, 1.54) is 89.9 Å². The van der Waals surface area contributed by atoms with E-state index in [1.54, 1.807) is 0 Å². The molecule has 68 heavy (non-hydrogen) atoms. The van der Waals surface area contributed by atoms with Crippen LogP contribution in [0.4, 0.5) is 0 Å². The molecule has 5 heteroatoms. The van der Waals surface area contributed by atoms with Crippen LogP contribution in [0.1, 0.15) is 239 Å². The molecule has 0 radical (unpaired) electrons. The Hall–Kier alpha value is -3.70. The molecule has 0 aromatic carbocycles. The number of allylic oxidation sites excluding steroid dienone is 20. The third-order valence-corrected chi connectivity index (χ3v) is 11.5. The van der Waals surface area contributed by atoms with E-state index in [2.05, 4.69) is 142 Å². The van der Waals surface area contributed by atoms with Gasteiger partial charge in [-0.3, -0.25) is 9.59 Å². The summed E-state index contributed by atoms with van der Waals surface area (Å²) in [6, 6.07) is 0. The molecule has 0 saturated heterocycles. The highest BCUT2D eigenvalue weighted by Crippen LogP contribution is 2.13. The number of carbonyl (C=O) groups excluding carboxylic acids is 2. The van der Waals surface area contributed by atoms with Crippen molar-refractivity contribution in [3.8, 4) is 0 Å². The highest BCUT2D eigenvalue weighted by molar-refractivity contribution is 5.70. The van der Waals surface area contributed by atoms with Crippen LogP contribution in [-0.4, -0.2) is 37.9 Å². The summed E-state index contributed by atoms with van der Waals surface area (Å²) in [6.45, 7) is 7.48. The number of ether oxygens (including phenoxy) is 3. The average molecular weight is 942 g/mol. The summed E-state index contributed by atoms with van der Waals surface area (Å²) >= 11 is 0. The topological polar surface area (TPSA) is 61.8 Å². The van der Waals surface area contributed by atoms with Gasteiger partial charge in [0.25, 0.3) is 0 Å². The van der Waals surface area contributed by atoms with Crippen LogP contribution >= 0.6 is 0 Å². The maximum absolute atomic E-state index is 12.8. The van der Waals surface area contributed by atoms with Crippen LogP contribution in [0.25, 0.3) is 0 Å². The Kier molecular flexibility index (Phi) is 54.5. The molecule has 0 bridgehead atoms. The van der Waals surface area contributed by atoms with Gasteiger partial charge in [0.1, 0.15) is 6.61 Å². The Morgan fingerprint density at radius 3 is 1.09 bits per heavy atom. The fourth-order valence-corrected chi connectivity index (χ4v) is 7.34. The molecule has 1 unspecified atom stereocenters. The Morgan fingerprint density at radius 1 is 0.338 bits per heavy atom. The highest BCUT2D eigenvalue weighted by atomic mass is 16.6. The molecule has 5 nitrogen and oxygen atoms in total. The predicted molar refractivity (Wildman–Crippen MR) is 297 cm³/mol. The van der Waals surface area contributed by atoms with E-state index in [-0.39, 0.29) is 25.2 Å².